The Labute approximate surface area is 229 Å². The number of halogens is 3. The van der Waals surface area contributed by atoms with E-state index in [2.05, 4.69) is 5.32 Å². The SMILES string of the molecule is C[n+]1ccc(SCC2=C(C(=O)O)N3C(=O)[C@@H](NC(=O)CSc4cc(Cl)c(Cl)cc4Cl)[C@H]3SC2)cc1. The summed E-state index contributed by atoms with van der Waals surface area (Å²) in [5, 5.41) is 13.1. The summed E-state index contributed by atoms with van der Waals surface area (Å²) in [7, 11) is 1.92. The van der Waals surface area contributed by atoms with Crippen LogP contribution in [0.3, 0.4) is 0 Å². The van der Waals surface area contributed by atoms with Crippen molar-refractivity contribution in [3.63, 3.8) is 0 Å². The van der Waals surface area contributed by atoms with E-state index >= 15 is 0 Å². The van der Waals surface area contributed by atoms with Gasteiger partial charge in [0.15, 0.2) is 12.4 Å². The number of aromatic nitrogens is 1. The van der Waals surface area contributed by atoms with Gasteiger partial charge in [-0.3, -0.25) is 14.5 Å². The van der Waals surface area contributed by atoms with Gasteiger partial charge in [0.2, 0.25) is 5.91 Å². The number of β-lactam (4-membered cyclic amide) rings is 1. The third-order valence-electron chi connectivity index (χ3n) is 5.26. The summed E-state index contributed by atoms with van der Waals surface area (Å²) in [4.78, 5) is 40.3. The molecule has 35 heavy (non-hydrogen) atoms. The van der Waals surface area contributed by atoms with Crippen molar-refractivity contribution in [3.8, 4) is 0 Å². The van der Waals surface area contributed by atoms with Crippen LogP contribution in [-0.2, 0) is 21.4 Å². The molecule has 3 heterocycles. The van der Waals surface area contributed by atoms with Gasteiger partial charge in [0.05, 0.1) is 20.8 Å². The highest BCUT2D eigenvalue weighted by Crippen LogP contribution is 2.42. The molecule has 0 radical (unpaired) electrons. The van der Waals surface area contributed by atoms with E-state index in [1.807, 2.05) is 36.1 Å². The fourth-order valence-electron chi connectivity index (χ4n) is 3.52. The van der Waals surface area contributed by atoms with Gasteiger partial charge in [0, 0.05) is 33.4 Å². The molecule has 2 atom stereocenters. The molecule has 1 aromatic heterocycles. The number of nitrogens with zero attached hydrogens (tertiary/aromatic N) is 2. The Morgan fingerprint density at radius 2 is 1.86 bits per heavy atom. The lowest BCUT2D eigenvalue weighted by atomic mass is 10.0. The first-order valence-corrected chi connectivity index (χ1v) is 14.4. The van der Waals surface area contributed by atoms with Crippen LogP contribution >= 0.6 is 70.1 Å². The van der Waals surface area contributed by atoms with E-state index in [4.69, 9.17) is 34.8 Å². The van der Waals surface area contributed by atoms with Gasteiger partial charge in [0.1, 0.15) is 24.2 Å². The normalized spacial score (nSPS) is 19.3. The highest BCUT2D eigenvalue weighted by molar-refractivity contribution is 8.01. The maximum atomic E-state index is 12.8. The summed E-state index contributed by atoms with van der Waals surface area (Å²) in [5.74, 6) is -1.01. The molecular formula is C22H19Cl3N3O4S3+. The number of hydrogen-bond donors (Lipinski definition) is 2. The van der Waals surface area contributed by atoms with Gasteiger partial charge in [-0.25, -0.2) is 9.36 Å². The molecule has 1 saturated heterocycles. The van der Waals surface area contributed by atoms with Crippen LogP contribution in [0.2, 0.25) is 15.1 Å². The molecule has 0 spiro atoms. The standard InChI is InChI=1S/C22H18Cl3N3O4S3/c1-27-4-2-12(3-5-27)33-8-11-9-35-21-18(20(30)28(21)19(11)22(31)32)26-17(29)10-34-16-7-14(24)13(23)6-15(16)25/h2-7,18,21H,8-10H2,1H3,(H-,26,29,31,32)/p+1/t18-,21-/m1/s1. The zero-order valence-electron chi connectivity index (χ0n) is 18.2. The van der Waals surface area contributed by atoms with Crippen LogP contribution in [0.4, 0.5) is 0 Å². The van der Waals surface area contributed by atoms with E-state index in [9.17, 15) is 19.5 Å². The highest BCUT2D eigenvalue weighted by Gasteiger charge is 2.54. The number of amides is 2. The van der Waals surface area contributed by atoms with Crippen molar-refractivity contribution in [2.45, 2.75) is 21.2 Å². The van der Waals surface area contributed by atoms with Gasteiger partial charge in [0.25, 0.3) is 5.91 Å². The number of nitrogens with one attached hydrogen (secondary N) is 1. The Hall–Kier alpha value is -1.56. The van der Waals surface area contributed by atoms with E-state index in [-0.39, 0.29) is 17.4 Å². The topological polar surface area (TPSA) is 90.6 Å². The molecule has 2 amide bonds. The van der Waals surface area contributed by atoms with Crippen molar-refractivity contribution in [1.29, 1.82) is 0 Å². The lowest BCUT2D eigenvalue weighted by Gasteiger charge is -2.49. The molecule has 0 bridgehead atoms. The minimum atomic E-state index is -1.15. The second-order valence-electron chi connectivity index (χ2n) is 7.69. The minimum absolute atomic E-state index is 0.00944. The first kappa shape index (κ1) is 26.5. The van der Waals surface area contributed by atoms with Crippen molar-refractivity contribution in [2.75, 3.05) is 17.3 Å². The Morgan fingerprint density at radius 3 is 2.54 bits per heavy atom. The van der Waals surface area contributed by atoms with Crippen LogP contribution < -0.4 is 9.88 Å². The number of hydrogen-bond acceptors (Lipinski definition) is 6. The molecule has 2 aliphatic rings. The number of carbonyl (C=O) groups is 3. The first-order chi connectivity index (χ1) is 16.7. The van der Waals surface area contributed by atoms with Crippen LogP contribution in [0.15, 0.2) is 57.7 Å². The quantitative estimate of drug-likeness (QED) is 0.207. The van der Waals surface area contributed by atoms with Gasteiger partial charge in [-0.15, -0.1) is 35.3 Å². The lowest BCUT2D eigenvalue weighted by molar-refractivity contribution is -0.671. The molecule has 0 saturated carbocycles. The summed E-state index contributed by atoms with van der Waals surface area (Å²) in [5.41, 5.74) is 0.690. The Kier molecular flexibility index (Phi) is 8.50. The molecule has 13 heteroatoms. The van der Waals surface area contributed by atoms with Gasteiger partial charge >= 0.3 is 5.97 Å². The van der Waals surface area contributed by atoms with Gasteiger partial charge in [-0.2, -0.15) is 0 Å². The molecule has 1 fully saturated rings. The van der Waals surface area contributed by atoms with Crippen LogP contribution in [0.5, 0.6) is 0 Å². The number of carbonyl (C=O) groups excluding carboxylic acids is 2. The molecule has 1 aromatic carbocycles. The van der Waals surface area contributed by atoms with Crippen molar-refractivity contribution >= 4 is 87.9 Å². The number of pyridine rings is 1. The Morgan fingerprint density at radius 1 is 1.17 bits per heavy atom. The number of benzene rings is 1. The Balaban J connectivity index is 1.38. The van der Waals surface area contributed by atoms with Crippen LogP contribution in [0.1, 0.15) is 0 Å². The maximum Gasteiger partial charge on any atom is 0.352 e. The second-order valence-corrected chi connectivity index (χ2v) is 12.1. The van der Waals surface area contributed by atoms with Gasteiger partial charge < -0.3 is 10.4 Å². The minimum Gasteiger partial charge on any atom is -0.477 e. The summed E-state index contributed by atoms with van der Waals surface area (Å²) in [6.45, 7) is 0. The number of fused-ring (bicyclic) bond motifs is 1. The van der Waals surface area contributed by atoms with Gasteiger partial charge in [-0.05, 0) is 17.7 Å². The fourth-order valence-corrected chi connectivity index (χ4v) is 7.43. The number of carboxylic acid groups (broad SMARTS) is 1. The van der Waals surface area contributed by atoms with Crippen molar-refractivity contribution < 1.29 is 24.1 Å². The summed E-state index contributed by atoms with van der Waals surface area (Å²) in [6.07, 6.45) is 3.83. The zero-order valence-corrected chi connectivity index (χ0v) is 22.9. The van der Waals surface area contributed by atoms with E-state index in [0.29, 0.717) is 37.0 Å². The monoisotopic (exact) mass is 590 g/mol. The largest absolute Gasteiger partial charge is 0.477 e. The highest BCUT2D eigenvalue weighted by atomic mass is 35.5. The predicted octanol–water partition coefficient (Wildman–Crippen LogP) is 4.09. The molecule has 2 N–H and O–H groups in total. The third-order valence-corrected chi connectivity index (χ3v) is 9.90. The van der Waals surface area contributed by atoms with Crippen LogP contribution in [0.25, 0.3) is 0 Å². The Bertz CT molecular complexity index is 1230. The number of carboxylic acids is 1. The second kappa shape index (κ2) is 11.2. The van der Waals surface area contributed by atoms with E-state index in [0.717, 1.165) is 4.90 Å². The maximum absolute atomic E-state index is 12.8. The average Bonchev–Trinajstić information content (AvgIpc) is 2.82. The molecule has 184 valence electrons. The smallest absolute Gasteiger partial charge is 0.352 e. The molecule has 7 nitrogen and oxygen atoms in total. The van der Waals surface area contributed by atoms with Gasteiger partial charge in [-0.1, -0.05) is 34.8 Å². The zero-order chi connectivity index (χ0) is 25.3. The number of rotatable bonds is 8. The van der Waals surface area contributed by atoms with E-state index in [1.54, 1.807) is 6.07 Å². The summed E-state index contributed by atoms with van der Waals surface area (Å²) in [6, 6.07) is 6.21. The fraction of sp³-hybridized carbons (Fsp3) is 0.273. The molecule has 4 rings (SSSR count). The third kappa shape index (κ3) is 5.89. The van der Waals surface area contributed by atoms with E-state index in [1.165, 1.54) is 46.3 Å². The lowest BCUT2D eigenvalue weighted by Crippen LogP contribution is -2.70. The molecule has 2 aliphatic heterocycles. The first-order valence-electron chi connectivity index (χ1n) is 10.2. The van der Waals surface area contributed by atoms with Crippen molar-refractivity contribution in [1.82, 2.24) is 10.2 Å². The summed E-state index contributed by atoms with van der Waals surface area (Å²) < 4.78 is 1.91. The molecule has 2 aromatic rings. The molecular weight excluding hydrogens is 573 g/mol. The van der Waals surface area contributed by atoms with Crippen LogP contribution in [0, 0.1) is 0 Å². The molecule has 0 aliphatic carbocycles. The van der Waals surface area contributed by atoms with Crippen molar-refractivity contribution in [3.05, 3.63) is 63.0 Å². The number of aliphatic carboxylic acids is 1. The predicted molar refractivity (Wildman–Crippen MR) is 140 cm³/mol. The van der Waals surface area contributed by atoms with Crippen LogP contribution in [-0.4, -0.2) is 56.5 Å². The average molecular weight is 592 g/mol. The number of thioether (sulfide) groups is 3. The van der Waals surface area contributed by atoms with E-state index < -0.39 is 23.3 Å². The summed E-state index contributed by atoms with van der Waals surface area (Å²) >= 11 is 22.2. The van der Waals surface area contributed by atoms with Crippen molar-refractivity contribution in [2.24, 2.45) is 7.05 Å². The molecule has 0 unspecified atom stereocenters. The number of aryl methyl sites for hydroxylation is 1.